The second-order valence-corrected chi connectivity index (χ2v) is 5.01. The zero-order valence-electron chi connectivity index (χ0n) is 8.62. The topological polar surface area (TPSA) is 38.1 Å². The lowest BCUT2D eigenvalue weighted by Crippen LogP contribution is -2.33. The van der Waals surface area contributed by atoms with E-state index in [0.717, 1.165) is 23.9 Å². The van der Waals surface area contributed by atoms with Crippen LogP contribution in [0.4, 0.5) is 0 Å². The summed E-state index contributed by atoms with van der Waals surface area (Å²) in [5.74, 6) is 4.19. The van der Waals surface area contributed by atoms with E-state index in [1.54, 1.807) is 0 Å². The van der Waals surface area contributed by atoms with Crippen molar-refractivity contribution in [3.05, 3.63) is 17.5 Å². The molecule has 0 aliphatic carbocycles. The standard InChI is InChI=1S/C10H16N2OS/c1-7-5-14-6-10(7)11-4-9-3-8(2)12-13-9/h3,7,10-11H,4-6H2,1-2H3. The van der Waals surface area contributed by atoms with Crippen molar-refractivity contribution >= 4 is 11.8 Å². The highest BCUT2D eigenvalue weighted by Crippen LogP contribution is 2.23. The van der Waals surface area contributed by atoms with Crippen LogP contribution < -0.4 is 5.32 Å². The van der Waals surface area contributed by atoms with Crippen molar-refractivity contribution in [1.82, 2.24) is 10.5 Å². The predicted molar refractivity (Wildman–Crippen MR) is 58.4 cm³/mol. The molecule has 2 unspecified atom stereocenters. The van der Waals surface area contributed by atoms with E-state index >= 15 is 0 Å². The molecule has 0 spiro atoms. The first-order chi connectivity index (χ1) is 6.75. The van der Waals surface area contributed by atoms with E-state index in [1.807, 2.05) is 24.8 Å². The Balaban J connectivity index is 1.82. The van der Waals surface area contributed by atoms with Crippen LogP contribution in [0.25, 0.3) is 0 Å². The number of aromatic nitrogens is 1. The van der Waals surface area contributed by atoms with Gasteiger partial charge in [-0.25, -0.2) is 0 Å². The Kier molecular flexibility index (Phi) is 3.13. The van der Waals surface area contributed by atoms with Crippen LogP contribution in [0.2, 0.25) is 0 Å². The van der Waals surface area contributed by atoms with Crippen LogP contribution in [-0.4, -0.2) is 22.7 Å². The summed E-state index contributed by atoms with van der Waals surface area (Å²) >= 11 is 2.02. The van der Waals surface area contributed by atoms with Crippen LogP contribution >= 0.6 is 11.8 Å². The van der Waals surface area contributed by atoms with Crippen molar-refractivity contribution in [2.45, 2.75) is 26.4 Å². The van der Waals surface area contributed by atoms with Crippen molar-refractivity contribution in [3.8, 4) is 0 Å². The van der Waals surface area contributed by atoms with Crippen LogP contribution in [0, 0.1) is 12.8 Å². The average Bonchev–Trinajstić information content (AvgIpc) is 2.72. The predicted octanol–water partition coefficient (Wildman–Crippen LogP) is 1.82. The Hall–Kier alpha value is -0.480. The summed E-state index contributed by atoms with van der Waals surface area (Å²) < 4.78 is 5.14. The third-order valence-electron chi connectivity index (χ3n) is 2.58. The first-order valence-electron chi connectivity index (χ1n) is 4.99. The van der Waals surface area contributed by atoms with Crippen LogP contribution in [-0.2, 0) is 6.54 Å². The van der Waals surface area contributed by atoms with Crippen LogP contribution in [0.5, 0.6) is 0 Å². The molecule has 1 aliphatic rings. The molecule has 4 heteroatoms. The summed E-state index contributed by atoms with van der Waals surface area (Å²) in [4.78, 5) is 0. The number of hydrogen-bond donors (Lipinski definition) is 1. The fraction of sp³-hybridized carbons (Fsp3) is 0.700. The molecule has 1 aromatic rings. The van der Waals surface area contributed by atoms with Crippen LogP contribution in [0.15, 0.2) is 10.6 Å². The molecule has 0 bridgehead atoms. The lowest BCUT2D eigenvalue weighted by Gasteiger charge is -2.14. The van der Waals surface area contributed by atoms with Gasteiger partial charge in [-0.1, -0.05) is 12.1 Å². The molecular weight excluding hydrogens is 196 g/mol. The highest BCUT2D eigenvalue weighted by molar-refractivity contribution is 7.99. The number of thioether (sulfide) groups is 1. The molecule has 1 N–H and O–H groups in total. The van der Waals surface area contributed by atoms with E-state index in [1.165, 1.54) is 11.5 Å². The minimum absolute atomic E-state index is 0.630. The highest BCUT2D eigenvalue weighted by Gasteiger charge is 2.23. The molecule has 14 heavy (non-hydrogen) atoms. The Morgan fingerprint density at radius 1 is 1.64 bits per heavy atom. The average molecular weight is 212 g/mol. The van der Waals surface area contributed by atoms with Gasteiger partial charge in [0.05, 0.1) is 12.2 Å². The first kappa shape index (κ1) is 10.1. The van der Waals surface area contributed by atoms with E-state index in [-0.39, 0.29) is 0 Å². The van der Waals surface area contributed by atoms with E-state index in [4.69, 9.17) is 4.52 Å². The van der Waals surface area contributed by atoms with Crippen molar-refractivity contribution in [2.75, 3.05) is 11.5 Å². The summed E-state index contributed by atoms with van der Waals surface area (Å²) in [6, 6.07) is 2.62. The first-order valence-corrected chi connectivity index (χ1v) is 6.14. The summed E-state index contributed by atoms with van der Waals surface area (Å²) in [6.45, 7) is 5.04. The van der Waals surface area contributed by atoms with E-state index in [9.17, 15) is 0 Å². The Labute approximate surface area is 88.6 Å². The molecule has 1 fully saturated rings. The monoisotopic (exact) mass is 212 g/mol. The summed E-state index contributed by atoms with van der Waals surface area (Å²) in [7, 11) is 0. The third kappa shape index (κ3) is 2.30. The lowest BCUT2D eigenvalue weighted by molar-refractivity contribution is 0.352. The molecule has 0 saturated carbocycles. The summed E-state index contributed by atoms with van der Waals surface area (Å²) in [6.07, 6.45) is 0. The number of aryl methyl sites for hydroxylation is 1. The minimum Gasteiger partial charge on any atom is -0.360 e. The van der Waals surface area contributed by atoms with Gasteiger partial charge in [-0.3, -0.25) is 0 Å². The number of rotatable bonds is 3. The zero-order chi connectivity index (χ0) is 9.97. The SMILES string of the molecule is Cc1cc(CNC2CSCC2C)on1. The van der Waals surface area contributed by atoms with Crippen molar-refractivity contribution in [3.63, 3.8) is 0 Å². The third-order valence-corrected chi connectivity index (χ3v) is 3.94. The van der Waals surface area contributed by atoms with Gasteiger partial charge >= 0.3 is 0 Å². The summed E-state index contributed by atoms with van der Waals surface area (Å²) in [5.41, 5.74) is 0.954. The molecule has 0 aromatic carbocycles. The van der Waals surface area contributed by atoms with Crippen LogP contribution in [0.1, 0.15) is 18.4 Å². The molecule has 1 aromatic heterocycles. The van der Waals surface area contributed by atoms with Crippen molar-refractivity contribution in [2.24, 2.45) is 5.92 Å². The fourth-order valence-electron chi connectivity index (χ4n) is 1.65. The number of nitrogens with zero attached hydrogens (tertiary/aromatic N) is 1. The fourth-order valence-corrected chi connectivity index (χ4v) is 3.09. The maximum atomic E-state index is 5.14. The molecule has 2 atom stereocenters. The Bertz CT molecular complexity index is 300. The van der Waals surface area contributed by atoms with Gasteiger partial charge in [0.25, 0.3) is 0 Å². The van der Waals surface area contributed by atoms with Crippen molar-refractivity contribution in [1.29, 1.82) is 0 Å². The highest BCUT2D eigenvalue weighted by atomic mass is 32.2. The zero-order valence-corrected chi connectivity index (χ0v) is 9.43. The molecule has 0 amide bonds. The van der Waals surface area contributed by atoms with Gasteiger partial charge in [-0.2, -0.15) is 11.8 Å². The van der Waals surface area contributed by atoms with Gasteiger partial charge in [-0.15, -0.1) is 0 Å². The summed E-state index contributed by atoms with van der Waals surface area (Å²) in [5, 5.41) is 7.37. The lowest BCUT2D eigenvalue weighted by atomic mass is 10.1. The number of hydrogen-bond acceptors (Lipinski definition) is 4. The molecule has 3 nitrogen and oxygen atoms in total. The van der Waals surface area contributed by atoms with Gasteiger partial charge in [0.2, 0.25) is 0 Å². The smallest absolute Gasteiger partial charge is 0.150 e. The second kappa shape index (κ2) is 4.36. The minimum atomic E-state index is 0.630. The maximum Gasteiger partial charge on any atom is 0.150 e. The molecule has 0 radical (unpaired) electrons. The quantitative estimate of drug-likeness (QED) is 0.829. The van der Waals surface area contributed by atoms with Gasteiger partial charge in [0.15, 0.2) is 5.76 Å². The van der Waals surface area contributed by atoms with Gasteiger partial charge in [-0.05, 0) is 18.6 Å². The van der Waals surface area contributed by atoms with Gasteiger partial charge in [0, 0.05) is 17.9 Å². The van der Waals surface area contributed by atoms with Crippen molar-refractivity contribution < 1.29 is 4.52 Å². The Morgan fingerprint density at radius 2 is 2.50 bits per heavy atom. The molecule has 1 saturated heterocycles. The normalized spacial score (nSPS) is 27.0. The molecule has 2 rings (SSSR count). The largest absolute Gasteiger partial charge is 0.360 e. The van der Waals surface area contributed by atoms with E-state index in [2.05, 4.69) is 17.4 Å². The second-order valence-electron chi connectivity index (χ2n) is 3.94. The molecule has 2 heterocycles. The van der Waals surface area contributed by atoms with E-state index in [0.29, 0.717) is 6.04 Å². The van der Waals surface area contributed by atoms with Gasteiger partial charge in [0.1, 0.15) is 0 Å². The van der Waals surface area contributed by atoms with Crippen LogP contribution in [0.3, 0.4) is 0 Å². The number of nitrogens with one attached hydrogen (secondary N) is 1. The molecular formula is C10H16N2OS. The molecule has 78 valence electrons. The van der Waals surface area contributed by atoms with E-state index < -0.39 is 0 Å². The maximum absolute atomic E-state index is 5.14. The molecule has 1 aliphatic heterocycles. The Morgan fingerprint density at radius 3 is 3.07 bits per heavy atom. The van der Waals surface area contributed by atoms with Gasteiger partial charge < -0.3 is 9.84 Å².